The van der Waals surface area contributed by atoms with Crippen LogP contribution < -0.4 is 0 Å². The summed E-state index contributed by atoms with van der Waals surface area (Å²) in [7, 11) is 0. The van der Waals surface area contributed by atoms with Gasteiger partial charge in [0.25, 0.3) is 0 Å². The van der Waals surface area contributed by atoms with Crippen LogP contribution >= 0.6 is 0 Å². The van der Waals surface area contributed by atoms with E-state index in [1.165, 1.54) is 16.7 Å². The Labute approximate surface area is 108 Å². The number of hydrogen-bond donors (Lipinski definition) is 0. The van der Waals surface area contributed by atoms with E-state index in [0.717, 1.165) is 16.7 Å². The van der Waals surface area contributed by atoms with Gasteiger partial charge in [-0.05, 0) is 56.0 Å². The van der Waals surface area contributed by atoms with Gasteiger partial charge in [0.1, 0.15) is 0 Å². The van der Waals surface area contributed by atoms with E-state index in [4.69, 9.17) is 0 Å². The minimum atomic E-state index is 0.125. The predicted octanol–water partition coefficient (Wildman–Crippen LogP) is 4.48. The van der Waals surface area contributed by atoms with E-state index < -0.39 is 0 Å². The van der Waals surface area contributed by atoms with Crippen molar-refractivity contribution in [3.05, 3.63) is 58.7 Å². The Morgan fingerprint density at radius 2 is 1.56 bits per heavy atom. The molecule has 0 bridgehead atoms. The second kappa shape index (κ2) is 4.77. The molecule has 0 unspecified atom stereocenters. The van der Waals surface area contributed by atoms with Crippen molar-refractivity contribution in [3.63, 3.8) is 0 Å². The van der Waals surface area contributed by atoms with E-state index in [0.29, 0.717) is 0 Å². The number of benzene rings is 2. The molecule has 0 spiro atoms. The summed E-state index contributed by atoms with van der Waals surface area (Å²) in [6.45, 7) is 7.78. The molecule has 0 saturated carbocycles. The van der Waals surface area contributed by atoms with E-state index in [9.17, 15) is 4.79 Å². The van der Waals surface area contributed by atoms with Crippen molar-refractivity contribution in [2.24, 2.45) is 0 Å². The predicted molar refractivity (Wildman–Crippen MR) is 76.1 cm³/mol. The summed E-state index contributed by atoms with van der Waals surface area (Å²) in [6.07, 6.45) is 0. The van der Waals surface area contributed by atoms with Crippen molar-refractivity contribution in [3.8, 4) is 11.1 Å². The normalized spacial score (nSPS) is 10.4. The third-order valence-corrected chi connectivity index (χ3v) is 3.32. The first kappa shape index (κ1) is 12.6. The van der Waals surface area contributed by atoms with Crippen molar-refractivity contribution < 1.29 is 4.79 Å². The molecule has 0 fully saturated rings. The Hall–Kier alpha value is -1.89. The third-order valence-electron chi connectivity index (χ3n) is 3.32. The van der Waals surface area contributed by atoms with Gasteiger partial charge in [0.15, 0.2) is 5.78 Å². The van der Waals surface area contributed by atoms with Gasteiger partial charge >= 0.3 is 0 Å². The van der Waals surface area contributed by atoms with Crippen LogP contribution in [0.3, 0.4) is 0 Å². The maximum Gasteiger partial charge on any atom is 0.160 e. The molecule has 0 radical (unpaired) electrons. The first-order valence-electron chi connectivity index (χ1n) is 6.18. The first-order chi connectivity index (χ1) is 8.49. The molecule has 0 aliphatic heterocycles. The van der Waals surface area contributed by atoms with Crippen molar-refractivity contribution in [1.82, 2.24) is 0 Å². The molecule has 0 amide bonds. The van der Waals surface area contributed by atoms with Crippen LogP contribution in [0, 0.1) is 20.8 Å². The quantitative estimate of drug-likeness (QED) is 0.705. The van der Waals surface area contributed by atoms with Gasteiger partial charge in [0.05, 0.1) is 0 Å². The van der Waals surface area contributed by atoms with Gasteiger partial charge < -0.3 is 0 Å². The zero-order chi connectivity index (χ0) is 13.3. The van der Waals surface area contributed by atoms with Gasteiger partial charge in [0, 0.05) is 5.56 Å². The second-order valence-electron chi connectivity index (χ2n) is 4.90. The summed E-state index contributed by atoms with van der Waals surface area (Å²) in [4.78, 5) is 11.6. The zero-order valence-electron chi connectivity index (χ0n) is 11.4. The molecule has 2 aromatic rings. The number of rotatable bonds is 2. The highest BCUT2D eigenvalue weighted by Crippen LogP contribution is 2.26. The smallest absolute Gasteiger partial charge is 0.160 e. The van der Waals surface area contributed by atoms with Crippen LogP contribution in [0.4, 0.5) is 0 Å². The SMILES string of the molecule is CC(=O)c1cc(-c2cc(C)ccc2C)ccc1C. The fourth-order valence-electron chi connectivity index (χ4n) is 2.22. The summed E-state index contributed by atoms with van der Waals surface area (Å²) in [5.74, 6) is 0.125. The van der Waals surface area contributed by atoms with Crippen LogP contribution in [0.5, 0.6) is 0 Å². The molecule has 2 aromatic carbocycles. The minimum absolute atomic E-state index is 0.125. The molecule has 0 aliphatic carbocycles. The lowest BCUT2D eigenvalue weighted by atomic mass is 9.94. The largest absolute Gasteiger partial charge is 0.295 e. The third kappa shape index (κ3) is 2.35. The highest BCUT2D eigenvalue weighted by Gasteiger charge is 2.08. The highest BCUT2D eigenvalue weighted by atomic mass is 16.1. The molecule has 0 heterocycles. The number of carbonyl (C=O) groups excluding carboxylic acids is 1. The number of Topliss-reactive ketones (excluding diaryl/α,β-unsaturated/α-hetero) is 1. The molecule has 0 N–H and O–H groups in total. The average Bonchev–Trinajstić information content (AvgIpc) is 2.33. The van der Waals surface area contributed by atoms with E-state index >= 15 is 0 Å². The van der Waals surface area contributed by atoms with E-state index in [2.05, 4.69) is 38.1 Å². The van der Waals surface area contributed by atoms with Gasteiger partial charge in [-0.25, -0.2) is 0 Å². The lowest BCUT2D eigenvalue weighted by molar-refractivity contribution is 0.101. The van der Waals surface area contributed by atoms with Crippen LogP contribution in [0.2, 0.25) is 0 Å². The summed E-state index contributed by atoms with van der Waals surface area (Å²) < 4.78 is 0. The Kier molecular flexibility index (Phi) is 3.33. The van der Waals surface area contributed by atoms with Crippen LogP contribution in [0.25, 0.3) is 11.1 Å². The van der Waals surface area contributed by atoms with Crippen LogP contribution in [0.15, 0.2) is 36.4 Å². The summed E-state index contributed by atoms with van der Waals surface area (Å²) in [5, 5.41) is 0. The fraction of sp³-hybridized carbons (Fsp3) is 0.235. The molecular formula is C17H18O. The van der Waals surface area contributed by atoms with Gasteiger partial charge in [-0.2, -0.15) is 0 Å². The van der Waals surface area contributed by atoms with Gasteiger partial charge in [-0.3, -0.25) is 4.79 Å². The Morgan fingerprint density at radius 1 is 0.889 bits per heavy atom. The van der Waals surface area contributed by atoms with Crippen LogP contribution in [-0.2, 0) is 0 Å². The van der Waals surface area contributed by atoms with Crippen molar-refractivity contribution in [1.29, 1.82) is 0 Å². The summed E-state index contributed by atoms with van der Waals surface area (Å²) >= 11 is 0. The lowest BCUT2D eigenvalue weighted by Gasteiger charge is -2.10. The highest BCUT2D eigenvalue weighted by molar-refractivity contribution is 5.96. The standard InChI is InChI=1S/C17H18O/c1-11-5-6-13(3)17(9-11)15-8-7-12(2)16(10-15)14(4)18/h5-10H,1-4H3. The van der Waals surface area contributed by atoms with Gasteiger partial charge in [-0.15, -0.1) is 0 Å². The van der Waals surface area contributed by atoms with Crippen molar-refractivity contribution in [2.45, 2.75) is 27.7 Å². The average molecular weight is 238 g/mol. The molecule has 0 saturated heterocycles. The lowest BCUT2D eigenvalue weighted by Crippen LogP contribution is -1.97. The molecular weight excluding hydrogens is 220 g/mol. The number of aryl methyl sites for hydroxylation is 3. The maximum atomic E-state index is 11.6. The van der Waals surface area contributed by atoms with Gasteiger partial charge in [-0.1, -0.05) is 35.9 Å². The monoisotopic (exact) mass is 238 g/mol. The first-order valence-corrected chi connectivity index (χ1v) is 6.18. The number of ketones is 1. The molecule has 0 aromatic heterocycles. The topological polar surface area (TPSA) is 17.1 Å². The van der Waals surface area contributed by atoms with Crippen molar-refractivity contribution >= 4 is 5.78 Å². The molecule has 0 atom stereocenters. The Morgan fingerprint density at radius 3 is 2.22 bits per heavy atom. The molecule has 2 rings (SSSR count). The molecule has 1 nitrogen and oxygen atoms in total. The zero-order valence-corrected chi connectivity index (χ0v) is 11.4. The number of hydrogen-bond acceptors (Lipinski definition) is 1. The van der Waals surface area contributed by atoms with Crippen LogP contribution in [0.1, 0.15) is 34.0 Å². The second-order valence-corrected chi connectivity index (χ2v) is 4.90. The molecule has 1 heteroatoms. The van der Waals surface area contributed by atoms with Gasteiger partial charge in [0.2, 0.25) is 0 Å². The minimum Gasteiger partial charge on any atom is -0.295 e. The van der Waals surface area contributed by atoms with Crippen LogP contribution in [-0.4, -0.2) is 5.78 Å². The van der Waals surface area contributed by atoms with E-state index in [1.54, 1.807) is 6.92 Å². The molecule has 0 aliphatic rings. The summed E-state index contributed by atoms with van der Waals surface area (Å²) in [6, 6.07) is 12.5. The number of carbonyl (C=O) groups is 1. The van der Waals surface area contributed by atoms with E-state index in [1.807, 2.05) is 19.1 Å². The van der Waals surface area contributed by atoms with Crippen molar-refractivity contribution in [2.75, 3.05) is 0 Å². The fourth-order valence-corrected chi connectivity index (χ4v) is 2.22. The summed E-state index contributed by atoms with van der Waals surface area (Å²) in [5.41, 5.74) is 6.65. The molecule has 18 heavy (non-hydrogen) atoms. The molecule has 92 valence electrons. The maximum absolute atomic E-state index is 11.6. The Bertz CT molecular complexity index is 609. The Balaban J connectivity index is 2.61. The van der Waals surface area contributed by atoms with E-state index in [-0.39, 0.29) is 5.78 Å².